The van der Waals surface area contributed by atoms with E-state index >= 15 is 0 Å². The molecule has 1 aliphatic rings. The summed E-state index contributed by atoms with van der Waals surface area (Å²) in [6.45, 7) is 4.14. The zero-order chi connectivity index (χ0) is 15.1. The van der Waals surface area contributed by atoms with Crippen LogP contribution in [0.3, 0.4) is 0 Å². The van der Waals surface area contributed by atoms with Crippen LogP contribution >= 0.6 is 23.2 Å². The molecule has 0 unspecified atom stereocenters. The molecule has 5 heteroatoms. The highest BCUT2D eigenvalue weighted by molar-refractivity contribution is 6.42. The van der Waals surface area contributed by atoms with Crippen molar-refractivity contribution in [2.45, 2.75) is 32.1 Å². The van der Waals surface area contributed by atoms with Crippen LogP contribution in [0.25, 0.3) is 0 Å². The Hall–Kier alpha value is -0.770. The number of carbonyl (C=O) groups is 1. The maximum atomic E-state index is 12.0. The average molecular weight is 329 g/mol. The van der Waals surface area contributed by atoms with Gasteiger partial charge in [-0.2, -0.15) is 0 Å². The van der Waals surface area contributed by atoms with E-state index in [0.717, 1.165) is 13.0 Å². The van der Waals surface area contributed by atoms with Gasteiger partial charge in [0.05, 0.1) is 10.0 Å². The lowest BCUT2D eigenvalue weighted by molar-refractivity contribution is 0.0951. The molecule has 1 aromatic rings. The molecule has 1 aromatic carbocycles. The largest absolute Gasteiger partial charge is 0.352 e. The predicted octanol–water partition coefficient (Wildman–Crippen LogP) is 3.99. The van der Waals surface area contributed by atoms with Crippen molar-refractivity contribution in [1.82, 2.24) is 10.2 Å². The van der Waals surface area contributed by atoms with E-state index in [1.165, 1.54) is 38.8 Å². The lowest BCUT2D eigenvalue weighted by atomic mass is 10.2. The Kier molecular flexibility index (Phi) is 6.81. The van der Waals surface area contributed by atoms with E-state index in [-0.39, 0.29) is 5.91 Å². The fourth-order valence-electron chi connectivity index (χ4n) is 2.60. The molecular formula is C16H22Cl2N2O. The molecule has 1 fully saturated rings. The van der Waals surface area contributed by atoms with E-state index in [4.69, 9.17) is 23.2 Å². The van der Waals surface area contributed by atoms with Crippen molar-refractivity contribution in [3.05, 3.63) is 33.8 Å². The van der Waals surface area contributed by atoms with Gasteiger partial charge in [0, 0.05) is 12.1 Å². The van der Waals surface area contributed by atoms with Gasteiger partial charge >= 0.3 is 0 Å². The van der Waals surface area contributed by atoms with Crippen LogP contribution in [0.2, 0.25) is 10.0 Å². The summed E-state index contributed by atoms with van der Waals surface area (Å²) in [5.74, 6) is -0.0931. The van der Waals surface area contributed by atoms with Crippen molar-refractivity contribution < 1.29 is 4.79 Å². The highest BCUT2D eigenvalue weighted by Crippen LogP contribution is 2.22. The molecule has 0 radical (unpaired) electrons. The fraction of sp³-hybridized carbons (Fsp3) is 0.562. The molecule has 116 valence electrons. The molecule has 2 rings (SSSR count). The minimum Gasteiger partial charge on any atom is -0.352 e. The van der Waals surface area contributed by atoms with Crippen molar-refractivity contribution in [2.75, 3.05) is 26.2 Å². The molecular weight excluding hydrogens is 307 g/mol. The van der Waals surface area contributed by atoms with Gasteiger partial charge in [0.25, 0.3) is 5.91 Å². The minimum absolute atomic E-state index is 0.0931. The molecule has 0 saturated carbocycles. The first-order valence-corrected chi connectivity index (χ1v) is 8.38. The molecule has 0 aromatic heterocycles. The van der Waals surface area contributed by atoms with E-state index in [0.29, 0.717) is 22.2 Å². The molecule has 1 heterocycles. The lowest BCUT2D eigenvalue weighted by Crippen LogP contribution is -2.30. The third-order valence-electron chi connectivity index (χ3n) is 3.82. The lowest BCUT2D eigenvalue weighted by Gasteiger charge is -2.19. The Bertz CT molecular complexity index is 471. The topological polar surface area (TPSA) is 32.3 Å². The normalized spacial score (nSPS) is 16.5. The molecule has 0 aliphatic carbocycles. The molecule has 3 nitrogen and oxygen atoms in total. The SMILES string of the molecule is O=C(NCCCN1CCCCCC1)c1ccc(Cl)c(Cl)c1. The number of nitrogens with one attached hydrogen (secondary N) is 1. The van der Waals surface area contributed by atoms with Gasteiger partial charge in [-0.15, -0.1) is 0 Å². The Morgan fingerprint density at radius 2 is 1.81 bits per heavy atom. The highest BCUT2D eigenvalue weighted by atomic mass is 35.5. The van der Waals surface area contributed by atoms with Gasteiger partial charge < -0.3 is 10.2 Å². The van der Waals surface area contributed by atoms with Crippen molar-refractivity contribution in [1.29, 1.82) is 0 Å². The van der Waals surface area contributed by atoms with Crippen molar-refractivity contribution >= 4 is 29.1 Å². The van der Waals surface area contributed by atoms with E-state index in [1.807, 2.05) is 0 Å². The van der Waals surface area contributed by atoms with Gasteiger partial charge in [-0.3, -0.25) is 4.79 Å². The quantitative estimate of drug-likeness (QED) is 0.829. The monoisotopic (exact) mass is 328 g/mol. The number of amides is 1. The van der Waals surface area contributed by atoms with Crippen LogP contribution in [0.1, 0.15) is 42.5 Å². The van der Waals surface area contributed by atoms with Crippen molar-refractivity contribution in [3.63, 3.8) is 0 Å². The van der Waals surface area contributed by atoms with E-state index < -0.39 is 0 Å². The molecule has 1 saturated heterocycles. The first-order valence-electron chi connectivity index (χ1n) is 7.62. The number of rotatable bonds is 5. The maximum absolute atomic E-state index is 12.0. The Morgan fingerprint density at radius 1 is 1.10 bits per heavy atom. The molecule has 0 spiro atoms. The van der Waals surface area contributed by atoms with E-state index in [9.17, 15) is 4.79 Å². The summed E-state index contributed by atoms with van der Waals surface area (Å²) in [4.78, 5) is 14.5. The second-order valence-electron chi connectivity index (χ2n) is 5.49. The highest BCUT2D eigenvalue weighted by Gasteiger charge is 2.10. The molecule has 1 aliphatic heterocycles. The van der Waals surface area contributed by atoms with Crippen LogP contribution in [0.4, 0.5) is 0 Å². The van der Waals surface area contributed by atoms with E-state index in [1.54, 1.807) is 18.2 Å². The van der Waals surface area contributed by atoms with Crippen LogP contribution in [0, 0.1) is 0 Å². The van der Waals surface area contributed by atoms with Crippen LogP contribution in [-0.2, 0) is 0 Å². The van der Waals surface area contributed by atoms with Gasteiger partial charge in [-0.25, -0.2) is 0 Å². The first kappa shape index (κ1) is 16.6. The Labute approximate surface area is 136 Å². The summed E-state index contributed by atoms with van der Waals surface area (Å²) < 4.78 is 0. The smallest absolute Gasteiger partial charge is 0.251 e. The number of nitrogens with zero attached hydrogens (tertiary/aromatic N) is 1. The average Bonchev–Trinajstić information content (AvgIpc) is 2.75. The predicted molar refractivity (Wildman–Crippen MR) is 88.3 cm³/mol. The van der Waals surface area contributed by atoms with Crippen LogP contribution in [-0.4, -0.2) is 37.0 Å². The third-order valence-corrected chi connectivity index (χ3v) is 4.56. The molecule has 1 N–H and O–H groups in total. The zero-order valence-electron chi connectivity index (χ0n) is 12.2. The fourth-order valence-corrected chi connectivity index (χ4v) is 2.90. The number of benzene rings is 1. The van der Waals surface area contributed by atoms with Crippen LogP contribution < -0.4 is 5.32 Å². The van der Waals surface area contributed by atoms with Gasteiger partial charge in [0.2, 0.25) is 0 Å². The van der Waals surface area contributed by atoms with Gasteiger partial charge in [-0.1, -0.05) is 36.0 Å². The summed E-state index contributed by atoms with van der Waals surface area (Å²) >= 11 is 11.8. The van der Waals surface area contributed by atoms with Crippen LogP contribution in [0.15, 0.2) is 18.2 Å². The van der Waals surface area contributed by atoms with E-state index in [2.05, 4.69) is 10.2 Å². The molecule has 0 bridgehead atoms. The summed E-state index contributed by atoms with van der Waals surface area (Å²) in [6, 6.07) is 4.95. The molecule has 0 atom stereocenters. The van der Waals surface area contributed by atoms with Crippen LogP contribution in [0.5, 0.6) is 0 Å². The summed E-state index contributed by atoms with van der Waals surface area (Å²) in [5, 5.41) is 3.81. The summed E-state index contributed by atoms with van der Waals surface area (Å²) in [6.07, 6.45) is 6.29. The Morgan fingerprint density at radius 3 is 2.48 bits per heavy atom. The zero-order valence-corrected chi connectivity index (χ0v) is 13.7. The number of hydrogen-bond acceptors (Lipinski definition) is 2. The number of hydrogen-bond donors (Lipinski definition) is 1. The van der Waals surface area contributed by atoms with Gasteiger partial charge in [0.15, 0.2) is 0 Å². The second-order valence-corrected chi connectivity index (χ2v) is 6.31. The minimum atomic E-state index is -0.0931. The number of carbonyl (C=O) groups excluding carboxylic acids is 1. The first-order chi connectivity index (χ1) is 10.2. The number of likely N-dealkylation sites (tertiary alicyclic amines) is 1. The van der Waals surface area contributed by atoms with Crippen molar-refractivity contribution in [3.8, 4) is 0 Å². The third kappa shape index (κ3) is 5.50. The van der Waals surface area contributed by atoms with Crippen molar-refractivity contribution in [2.24, 2.45) is 0 Å². The van der Waals surface area contributed by atoms with Gasteiger partial charge in [0.1, 0.15) is 0 Å². The standard InChI is InChI=1S/C16H22Cl2N2O/c17-14-7-6-13(12-15(14)18)16(21)19-8-5-11-20-9-3-1-2-4-10-20/h6-7,12H,1-5,8-11H2,(H,19,21). The maximum Gasteiger partial charge on any atom is 0.251 e. The Balaban J connectivity index is 1.70. The molecule has 1 amide bonds. The molecule has 21 heavy (non-hydrogen) atoms. The summed E-state index contributed by atoms with van der Waals surface area (Å²) in [5.41, 5.74) is 0.555. The second kappa shape index (κ2) is 8.62. The van der Waals surface area contributed by atoms with Gasteiger partial charge in [-0.05, 0) is 57.1 Å². The number of halogens is 2. The summed E-state index contributed by atoms with van der Waals surface area (Å²) in [7, 11) is 0.